The van der Waals surface area contributed by atoms with E-state index in [0.717, 1.165) is 16.5 Å². The van der Waals surface area contributed by atoms with Crippen LogP contribution >= 0.6 is 0 Å². The molecule has 6 atom stereocenters. The number of nitrogens with two attached hydrogens (primary N) is 2. The fourth-order valence-corrected chi connectivity index (χ4v) is 8.05. The number of hydrogen-bond acceptors (Lipinski definition) is 10. The van der Waals surface area contributed by atoms with Crippen molar-refractivity contribution in [2.24, 2.45) is 11.5 Å². The average molecular weight is 973 g/mol. The third kappa shape index (κ3) is 15.7. The highest BCUT2D eigenvalue weighted by molar-refractivity contribution is 5.98. The minimum atomic E-state index is -1.45. The maximum absolute atomic E-state index is 14.5. The lowest BCUT2D eigenvalue weighted by atomic mass is 10.0. The Labute approximate surface area is 408 Å². The fraction of sp³-hybridized carbons (Fsp3) is 0.347. The van der Waals surface area contributed by atoms with Gasteiger partial charge >= 0.3 is 0 Å². The molecule has 5 aromatic rings. The normalized spacial score (nSPS) is 20.0. The second kappa shape index (κ2) is 25.7. The molecular weight excluding hydrogens is 913 g/mol. The molecule has 0 aliphatic carbocycles. The first-order valence-corrected chi connectivity index (χ1v) is 23.3. The first-order valence-electron chi connectivity index (χ1n) is 23.3. The van der Waals surface area contributed by atoms with Crippen LogP contribution in [0.3, 0.4) is 0 Å². The van der Waals surface area contributed by atoms with Crippen LogP contribution in [0.4, 0.5) is 0 Å². The molecular formula is C49H60N14O8. The number of guanidine groups is 1. The summed E-state index contributed by atoms with van der Waals surface area (Å²) >= 11 is 0. The highest BCUT2D eigenvalue weighted by atomic mass is 16.2. The molecule has 15 N–H and O–H groups in total. The molecule has 1 aliphatic rings. The van der Waals surface area contributed by atoms with Gasteiger partial charge < -0.3 is 64.0 Å². The number of nitrogens with zero attached hydrogens (tertiary/aromatic N) is 1. The Bertz CT molecular complexity index is 2640. The molecule has 3 heterocycles. The molecule has 1 saturated heterocycles. The van der Waals surface area contributed by atoms with Gasteiger partial charge in [0, 0.05) is 62.1 Å². The van der Waals surface area contributed by atoms with Crippen LogP contribution in [0.2, 0.25) is 0 Å². The Morgan fingerprint density at radius 3 is 2.21 bits per heavy atom. The number of aromatic nitrogens is 3. The van der Waals surface area contributed by atoms with Crippen molar-refractivity contribution in [1.29, 1.82) is 5.41 Å². The Balaban J connectivity index is 1.31. The van der Waals surface area contributed by atoms with Crippen molar-refractivity contribution in [3.8, 4) is 0 Å². The Morgan fingerprint density at radius 2 is 1.49 bits per heavy atom. The number of amides is 8. The maximum Gasteiger partial charge on any atom is 0.247 e. The lowest BCUT2D eigenvalue weighted by Gasteiger charge is -2.27. The highest BCUT2D eigenvalue weighted by Gasteiger charge is 2.35. The molecule has 22 heteroatoms. The van der Waals surface area contributed by atoms with Gasteiger partial charge in [0.05, 0.1) is 12.0 Å². The minimum Gasteiger partial charge on any atom is -0.370 e. The van der Waals surface area contributed by atoms with Gasteiger partial charge in [-0.25, -0.2) is 4.98 Å². The molecule has 22 nitrogen and oxygen atoms in total. The predicted octanol–water partition coefficient (Wildman–Crippen LogP) is -0.361. The number of benzene rings is 3. The van der Waals surface area contributed by atoms with Crippen molar-refractivity contribution < 1.29 is 38.4 Å². The van der Waals surface area contributed by atoms with Crippen LogP contribution < -0.4 is 54.0 Å². The summed E-state index contributed by atoms with van der Waals surface area (Å²) in [5.74, 6) is -6.34. The summed E-state index contributed by atoms with van der Waals surface area (Å²) in [5.41, 5.74) is 14.4. The smallest absolute Gasteiger partial charge is 0.247 e. The zero-order chi connectivity index (χ0) is 50.7. The van der Waals surface area contributed by atoms with Crippen LogP contribution in [0.5, 0.6) is 0 Å². The molecule has 1 fully saturated rings. The molecule has 0 spiro atoms. The number of imidazole rings is 1. The van der Waals surface area contributed by atoms with E-state index in [-0.39, 0.29) is 70.4 Å². The lowest BCUT2D eigenvalue weighted by Crippen LogP contribution is -2.58. The quantitative estimate of drug-likeness (QED) is 0.0344. The Morgan fingerprint density at radius 1 is 0.789 bits per heavy atom. The zero-order valence-electron chi connectivity index (χ0n) is 38.9. The summed E-state index contributed by atoms with van der Waals surface area (Å²) in [7, 11) is 0. The summed E-state index contributed by atoms with van der Waals surface area (Å²) in [6, 6.07) is 16.6. The summed E-state index contributed by atoms with van der Waals surface area (Å²) in [6.07, 6.45) is 4.22. The number of carbonyl (C=O) groups is 8. The summed E-state index contributed by atoms with van der Waals surface area (Å²) in [4.78, 5) is 122. The third-order valence-electron chi connectivity index (χ3n) is 11.8. The van der Waals surface area contributed by atoms with Crippen molar-refractivity contribution in [3.63, 3.8) is 0 Å². The van der Waals surface area contributed by atoms with Crippen molar-refractivity contribution in [1.82, 2.24) is 57.5 Å². The second-order valence-electron chi connectivity index (χ2n) is 17.1. The van der Waals surface area contributed by atoms with E-state index in [4.69, 9.17) is 16.9 Å². The van der Waals surface area contributed by atoms with Crippen molar-refractivity contribution in [2.75, 3.05) is 13.1 Å². The number of fused-ring (bicyclic) bond motifs is 1. The molecule has 374 valence electrons. The minimum absolute atomic E-state index is 0.00297. The third-order valence-corrected chi connectivity index (χ3v) is 11.8. The van der Waals surface area contributed by atoms with Crippen LogP contribution in [0.25, 0.3) is 10.9 Å². The number of H-pyrrole nitrogens is 2. The van der Waals surface area contributed by atoms with Gasteiger partial charge in [0.15, 0.2) is 5.96 Å². The van der Waals surface area contributed by atoms with Gasteiger partial charge in [-0.15, -0.1) is 0 Å². The summed E-state index contributed by atoms with van der Waals surface area (Å²) in [6.45, 7) is -0.0675. The van der Waals surface area contributed by atoms with Crippen LogP contribution in [-0.4, -0.2) is 111 Å². The van der Waals surface area contributed by atoms with Crippen LogP contribution in [0.15, 0.2) is 104 Å². The van der Waals surface area contributed by atoms with Gasteiger partial charge in [0.2, 0.25) is 47.3 Å². The molecule has 8 amide bonds. The summed E-state index contributed by atoms with van der Waals surface area (Å²) < 4.78 is 0. The fourth-order valence-electron chi connectivity index (χ4n) is 8.05. The van der Waals surface area contributed by atoms with Gasteiger partial charge in [-0.2, -0.15) is 0 Å². The van der Waals surface area contributed by atoms with Gasteiger partial charge in [-0.3, -0.25) is 43.8 Å². The van der Waals surface area contributed by atoms with E-state index in [1.165, 1.54) is 12.5 Å². The molecule has 71 heavy (non-hydrogen) atoms. The molecule has 0 saturated carbocycles. The average Bonchev–Trinajstić information content (AvgIpc) is 4.04. The van der Waals surface area contributed by atoms with Crippen molar-refractivity contribution in [3.05, 3.63) is 126 Å². The van der Waals surface area contributed by atoms with E-state index in [2.05, 4.69) is 57.5 Å². The van der Waals surface area contributed by atoms with Gasteiger partial charge in [-0.05, 0) is 54.9 Å². The number of aryl methyl sites for hydroxylation is 1. The number of primary amides is 1. The zero-order valence-corrected chi connectivity index (χ0v) is 38.9. The van der Waals surface area contributed by atoms with E-state index >= 15 is 0 Å². The van der Waals surface area contributed by atoms with E-state index in [1.807, 2.05) is 54.6 Å². The largest absolute Gasteiger partial charge is 0.370 e. The molecule has 1 unspecified atom stereocenters. The maximum atomic E-state index is 14.5. The predicted molar refractivity (Wildman–Crippen MR) is 261 cm³/mol. The number of rotatable bonds is 16. The van der Waals surface area contributed by atoms with Crippen LogP contribution in [0.1, 0.15) is 67.0 Å². The lowest BCUT2D eigenvalue weighted by molar-refractivity contribution is -0.135. The first kappa shape index (κ1) is 51.8. The molecule has 1 aliphatic heterocycles. The van der Waals surface area contributed by atoms with Gasteiger partial charge in [-0.1, -0.05) is 78.9 Å². The highest BCUT2D eigenvalue weighted by Crippen LogP contribution is 2.20. The van der Waals surface area contributed by atoms with Crippen molar-refractivity contribution in [2.45, 2.75) is 94.0 Å². The number of aromatic amines is 2. The Hall–Kier alpha value is -8.56. The SMILES string of the molecule is N=C(N)NCCC[C@@H]1NC(=O)C(c2ccccc2)NC(=O)[C@H](Cc2c[nH]cn2)NC(=O)[C@@H](NC(=O)CCc2ccccc2)CCC(=O)NCC[C@@H](C(=O)N[C@@H](Cc2c[nH]c3ccccc23)C(N)=O)NC1=O. The number of para-hydroxylation sites is 1. The van der Waals surface area contributed by atoms with Crippen LogP contribution in [0, 0.1) is 5.41 Å². The Kier molecular flexibility index (Phi) is 18.8. The monoisotopic (exact) mass is 972 g/mol. The van der Waals surface area contributed by atoms with E-state index in [0.29, 0.717) is 23.2 Å². The number of carbonyl (C=O) groups excluding carboxylic acids is 8. The van der Waals surface area contributed by atoms with E-state index in [1.54, 1.807) is 36.5 Å². The van der Waals surface area contributed by atoms with Gasteiger partial charge in [0.1, 0.15) is 36.3 Å². The summed E-state index contributed by atoms with van der Waals surface area (Å²) in [5, 5.41) is 30.0. The standard InChI is InChI=1S/C49H60N14O8/c50-43(66)38(24-31-26-56-34-15-8-7-14-33(31)34)61-46(69)37-21-23-54-40(64)20-18-36(58-41(65)19-17-29-10-3-1-4-11-29)45(68)62-39(25-32-27-53-28-57-32)47(70)63-42(30-12-5-2-6-13-30)48(71)60-35(44(67)59-37)16-9-22-55-49(51)52/h1-8,10-15,26-28,35-39,42,56H,9,16-25H2,(H2,50,66)(H,53,57)(H,54,64)(H,58,65)(H,59,67)(H,60,71)(H,61,69)(H,62,68)(H,63,70)(H4,51,52,55)/t35-,36-,37-,38-,39-,42?/m0/s1. The molecule has 3 aromatic carbocycles. The molecule has 2 aromatic heterocycles. The molecule has 0 radical (unpaired) electrons. The number of hydrogen-bond donors (Lipinski definition) is 13. The van der Waals surface area contributed by atoms with E-state index in [9.17, 15) is 38.4 Å². The topological polar surface area (TPSA) is 353 Å². The van der Waals surface area contributed by atoms with Crippen molar-refractivity contribution >= 4 is 64.1 Å². The number of nitrogens with one attached hydrogen (secondary N) is 11. The molecule has 0 bridgehead atoms. The van der Waals surface area contributed by atoms with E-state index < -0.39 is 83.5 Å². The van der Waals surface area contributed by atoms with Crippen LogP contribution in [-0.2, 0) is 57.6 Å². The second-order valence-corrected chi connectivity index (χ2v) is 17.1. The molecule has 6 rings (SSSR count). The first-order chi connectivity index (χ1) is 34.2. The van der Waals surface area contributed by atoms with Gasteiger partial charge in [0.25, 0.3) is 0 Å².